The molecular formula is C19H17N3O6. The van der Waals surface area contributed by atoms with Crippen molar-refractivity contribution < 1.29 is 28.5 Å². The lowest BCUT2D eigenvalue weighted by atomic mass is 10.0. The van der Waals surface area contributed by atoms with Gasteiger partial charge in [0.1, 0.15) is 22.6 Å². The van der Waals surface area contributed by atoms with Crippen LogP contribution in [0.1, 0.15) is 16.1 Å². The molecule has 1 heterocycles. The molecule has 1 aromatic heterocycles. The van der Waals surface area contributed by atoms with Gasteiger partial charge in [0.2, 0.25) is 17.6 Å². The van der Waals surface area contributed by atoms with E-state index >= 15 is 0 Å². The number of nitrogens with one attached hydrogen (secondary N) is 1. The fourth-order valence-electron chi connectivity index (χ4n) is 2.90. The van der Waals surface area contributed by atoms with E-state index in [9.17, 15) is 9.59 Å². The smallest absolute Gasteiger partial charge is 0.240 e. The van der Waals surface area contributed by atoms with E-state index < -0.39 is 0 Å². The summed E-state index contributed by atoms with van der Waals surface area (Å²) in [5, 5.41) is 7.31. The van der Waals surface area contributed by atoms with Crippen molar-refractivity contribution >= 4 is 28.5 Å². The number of isocyanates is 1. The van der Waals surface area contributed by atoms with Gasteiger partial charge in [-0.05, 0) is 24.3 Å². The summed E-state index contributed by atoms with van der Waals surface area (Å²) in [5.74, 6) is 1.06. The Hall–Kier alpha value is -3.84. The zero-order valence-electron chi connectivity index (χ0n) is 15.7. The monoisotopic (exact) mass is 383 g/mol. The average Bonchev–Trinajstić information content (AvgIpc) is 3.16. The van der Waals surface area contributed by atoms with Gasteiger partial charge in [0.15, 0.2) is 11.5 Å². The van der Waals surface area contributed by atoms with Crippen molar-refractivity contribution in [1.82, 2.24) is 10.2 Å². The number of aromatic amines is 1. The van der Waals surface area contributed by atoms with Crippen molar-refractivity contribution in [2.24, 2.45) is 4.99 Å². The van der Waals surface area contributed by atoms with Crippen LogP contribution >= 0.6 is 0 Å². The molecule has 0 radical (unpaired) electrons. The Morgan fingerprint density at radius 3 is 2.18 bits per heavy atom. The Kier molecular flexibility index (Phi) is 5.28. The van der Waals surface area contributed by atoms with Crippen LogP contribution in [-0.2, 0) is 4.79 Å². The summed E-state index contributed by atoms with van der Waals surface area (Å²) in [6, 6.07) is 6.35. The fourth-order valence-corrected chi connectivity index (χ4v) is 2.90. The van der Waals surface area contributed by atoms with Crippen molar-refractivity contribution in [3.8, 4) is 23.0 Å². The number of ether oxygens (including phenoxy) is 4. The van der Waals surface area contributed by atoms with Gasteiger partial charge >= 0.3 is 0 Å². The topological polar surface area (TPSA) is 112 Å². The van der Waals surface area contributed by atoms with Crippen LogP contribution in [0.15, 0.2) is 29.3 Å². The van der Waals surface area contributed by atoms with Gasteiger partial charge in [-0.15, -0.1) is 0 Å². The molecule has 9 heteroatoms. The molecule has 28 heavy (non-hydrogen) atoms. The van der Waals surface area contributed by atoms with E-state index in [2.05, 4.69) is 15.2 Å². The minimum absolute atomic E-state index is 0.190. The first-order valence-corrected chi connectivity index (χ1v) is 8.07. The molecule has 0 aliphatic carbocycles. The summed E-state index contributed by atoms with van der Waals surface area (Å²) < 4.78 is 21.1. The predicted molar refractivity (Wildman–Crippen MR) is 100.0 cm³/mol. The molecule has 0 aliphatic rings. The number of rotatable bonds is 7. The summed E-state index contributed by atoms with van der Waals surface area (Å²) in [6.07, 6.45) is 1.47. The molecule has 0 spiro atoms. The van der Waals surface area contributed by atoms with E-state index in [1.807, 2.05) is 0 Å². The number of hydrogen-bond acceptors (Lipinski definition) is 8. The zero-order chi connectivity index (χ0) is 20.3. The number of aliphatic imine (C=N–C) groups is 1. The predicted octanol–water partition coefficient (Wildman–Crippen LogP) is 2.80. The van der Waals surface area contributed by atoms with Gasteiger partial charge in [0.05, 0.1) is 28.4 Å². The average molecular weight is 383 g/mol. The normalized spacial score (nSPS) is 10.3. The second-order valence-electron chi connectivity index (χ2n) is 5.56. The maximum absolute atomic E-state index is 13.1. The van der Waals surface area contributed by atoms with Crippen LogP contribution in [0.3, 0.4) is 0 Å². The number of benzene rings is 2. The summed E-state index contributed by atoms with van der Waals surface area (Å²) in [4.78, 5) is 27.5. The van der Waals surface area contributed by atoms with E-state index in [0.717, 1.165) is 0 Å². The molecule has 0 fully saturated rings. The number of H-pyrrole nitrogens is 1. The number of methoxy groups -OCH3 is 4. The number of fused-ring (bicyclic) bond motifs is 1. The van der Waals surface area contributed by atoms with Gasteiger partial charge in [-0.1, -0.05) is 0 Å². The third kappa shape index (κ3) is 3.04. The molecule has 0 bridgehead atoms. The van der Waals surface area contributed by atoms with Gasteiger partial charge in [-0.25, -0.2) is 4.79 Å². The van der Waals surface area contributed by atoms with Crippen LogP contribution in [0.4, 0.5) is 5.69 Å². The van der Waals surface area contributed by atoms with Gasteiger partial charge in [-0.2, -0.15) is 10.1 Å². The summed E-state index contributed by atoms with van der Waals surface area (Å²) in [6.45, 7) is 0. The highest BCUT2D eigenvalue weighted by atomic mass is 16.5. The highest BCUT2D eigenvalue weighted by molar-refractivity contribution is 6.16. The molecule has 0 saturated heterocycles. The van der Waals surface area contributed by atoms with Crippen molar-refractivity contribution in [3.63, 3.8) is 0 Å². The number of ketones is 1. The molecule has 2 aromatic carbocycles. The Labute approximate surface area is 159 Å². The highest BCUT2D eigenvalue weighted by Gasteiger charge is 2.22. The second-order valence-corrected chi connectivity index (χ2v) is 5.56. The first kappa shape index (κ1) is 18.9. The maximum atomic E-state index is 13.1. The quantitative estimate of drug-likeness (QED) is 0.379. The van der Waals surface area contributed by atoms with Crippen LogP contribution in [-0.4, -0.2) is 50.5 Å². The number of carbonyl (C=O) groups excluding carboxylic acids is 2. The van der Waals surface area contributed by atoms with Gasteiger partial charge in [-0.3, -0.25) is 9.89 Å². The Morgan fingerprint density at radius 2 is 1.64 bits per heavy atom. The SMILES string of the molecule is COc1cc(C(=O)c2[nH]nc3c(N=C=O)c(OC)ccc23)cc(OC)c1OC. The lowest BCUT2D eigenvalue weighted by molar-refractivity contribution is 0.103. The molecule has 144 valence electrons. The summed E-state index contributed by atoms with van der Waals surface area (Å²) >= 11 is 0. The molecule has 0 aliphatic heterocycles. The van der Waals surface area contributed by atoms with E-state index in [4.69, 9.17) is 18.9 Å². The highest BCUT2D eigenvalue weighted by Crippen LogP contribution is 2.40. The molecule has 3 rings (SSSR count). The lowest BCUT2D eigenvalue weighted by Crippen LogP contribution is -2.05. The van der Waals surface area contributed by atoms with Crippen molar-refractivity contribution in [2.75, 3.05) is 28.4 Å². The van der Waals surface area contributed by atoms with E-state index in [0.29, 0.717) is 39.5 Å². The Morgan fingerprint density at radius 1 is 1.00 bits per heavy atom. The third-order valence-corrected chi connectivity index (χ3v) is 4.19. The van der Waals surface area contributed by atoms with Crippen LogP contribution in [0.2, 0.25) is 0 Å². The third-order valence-electron chi connectivity index (χ3n) is 4.19. The van der Waals surface area contributed by atoms with E-state index in [-0.39, 0.29) is 17.2 Å². The minimum atomic E-state index is -0.354. The Bertz CT molecular complexity index is 1070. The summed E-state index contributed by atoms with van der Waals surface area (Å²) in [7, 11) is 5.85. The van der Waals surface area contributed by atoms with Gasteiger partial charge < -0.3 is 18.9 Å². The number of hydrogen-bond donors (Lipinski definition) is 1. The molecular weight excluding hydrogens is 366 g/mol. The molecule has 1 N–H and O–H groups in total. The number of aromatic nitrogens is 2. The van der Waals surface area contributed by atoms with Crippen LogP contribution in [0.5, 0.6) is 23.0 Å². The van der Waals surface area contributed by atoms with Gasteiger partial charge in [0.25, 0.3) is 0 Å². The summed E-state index contributed by atoms with van der Waals surface area (Å²) in [5.41, 5.74) is 1.03. The Balaban J connectivity index is 2.17. The van der Waals surface area contributed by atoms with Crippen LogP contribution < -0.4 is 18.9 Å². The first-order valence-electron chi connectivity index (χ1n) is 8.07. The zero-order valence-corrected chi connectivity index (χ0v) is 15.7. The maximum Gasteiger partial charge on any atom is 0.240 e. The van der Waals surface area contributed by atoms with Crippen molar-refractivity contribution in [3.05, 3.63) is 35.5 Å². The second kappa shape index (κ2) is 7.81. The van der Waals surface area contributed by atoms with Gasteiger partial charge in [0, 0.05) is 10.9 Å². The molecule has 0 unspecified atom stereocenters. The van der Waals surface area contributed by atoms with E-state index in [1.165, 1.54) is 34.5 Å². The molecule has 3 aromatic rings. The van der Waals surface area contributed by atoms with Crippen molar-refractivity contribution in [2.45, 2.75) is 0 Å². The molecule has 0 atom stereocenters. The minimum Gasteiger partial charge on any atom is -0.494 e. The number of carbonyl (C=O) groups is 1. The molecule has 9 nitrogen and oxygen atoms in total. The van der Waals surface area contributed by atoms with Crippen LogP contribution in [0, 0.1) is 0 Å². The largest absolute Gasteiger partial charge is 0.494 e. The lowest BCUT2D eigenvalue weighted by Gasteiger charge is -2.13. The van der Waals surface area contributed by atoms with Crippen LogP contribution in [0.25, 0.3) is 10.9 Å². The fraction of sp³-hybridized carbons (Fsp3) is 0.211. The standard InChI is InChI=1S/C19H17N3O6/c1-25-12-6-5-11-15(17(12)20-9-23)21-22-16(11)18(24)10-7-13(26-2)19(28-4)14(8-10)27-3/h5-8H,1-4H3,(H,21,22). The molecule has 0 saturated carbocycles. The van der Waals surface area contributed by atoms with E-state index in [1.54, 1.807) is 24.3 Å². The first-order chi connectivity index (χ1) is 13.6. The van der Waals surface area contributed by atoms with Crippen molar-refractivity contribution in [1.29, 1.82) is 0 Å². The molecule has 0 amide bonds. The number of nitrogens with zero attached hydrogens (tertiary/aromatic N) is 2.